The minimum Gasteiger partial charge on any atom is -0.354 e. The van der Waals surface area contributed by atoms with Crippen molar-refractivity contribution in [2.45, 2.75) is 25.4 Å². The Morgan fingerprint density at radius 2 is 1.90 bits per heavy atom. The van der Waals surface area contributed by atoms with E-state index in [-0.39, 0.29) is 5.56 Å². The first-order valence-corrected chi connectivity index (χ1v) is 10.3. The molecule has 4 aromatic rings. The summed E-state index contributed by atoms with van der Waals surface area (Å²) in [6.45, 7) is 3.09. The number of hydrogen-bond acceptors (Lipinski definition) is 3. The number of fused-ring (bicyclic) bond motifs is 2. The van der Waals surface area contributed by atoms with Gasteiger partial charge in [0.25, 0.3) is 5.56 Å². The van der Waals surface area contributed by atoms with Gasteiger partial charge < -0.3 is 20.2 Å². The van der Waals surface area contributed by atoms with Gasteiger partial charge in [0.05, 0.1) is 11.3 Å². The first kappa shape index (κ1) is 18.2. The quantitative estimate of drug-likeness (QED) is 0.488. The molecule has 1 saturated heterocycles. The zero-order valence-electron chi connectivity index (χ0n) is 16.7. The summed E-state index contributed by atoms with van der Waals surface area (Å²) in [5.41, 5.74) is 4.62. The third-order valence-electron chi connectivity index (χ3n) is 6.11. The average molecular weight is 386 g/mol. The predicted molar refractivity (Wildman–Crippen MR) is 119 cm³/mol. The summed E-state index contributed by atoms with van der Waals surface area (Å²) in [5, 5.41) is 5.76. The van der Waals surface area contributed by atoms with Crippen molar-refractivity contribution in [2.24, 2.45) is 0 Å². The van der Waals surface area contributed by atoms with Crippen molar-refractivity contribution >= 4 is 21.8 Å². The van der Waals surface area contributed by atoms with Crippen LogP contribution in [0.3, 0.4) is 0 Å². The highest BCUT2D eigenvalue weighted by Gasteiger charge is 2.19. The van der Waals surface area contributed by atoms with Crippen molar-refractivity contribution in [1.29, 1.82) is 0 Å². The van der Waals surface area contributed by atoms with Gasteiger partial charge in [0.15, 0.2) is 0 Å². The smallest absolute Gasteiger partial charge is 0.257 e. The minimum atomic E-state index is -0.0715. The fraction of sp³-hybridized carbons (Fsp3) is 0.292. The first-order valence-electron chi connectivity index (χ1n) is 10.3. The fourth-order valence-electron chi connectivity index (χ4n) is 4.40. The third kappa shape index (κ3) is 3.59. The number of para-hydroxylation sites is 1. The minimum absolute atomic E-state index is 0.0715. The molecular weight excluding hydrogens is 360 g/mol. The SMILES string of the molecule is CN1CCCC1CNCc1ccc2[nH]c(-c3cc4ccccc4[nH]c3=O)cc2c1. The van der Waals surface area contributed by atoms with Gasteiger partial charge >= 0.3 is 0 Å². The number of aromatic nitrogens is 2. The average Bonchev–Trinajstić information content (AvgIpc) is 3.33. The fourth-order valence-corrected chi connectivity index (χ4v) is 4.40. The molecule has 0 radical (unpaired) electrons. The number of aromatic amines is 2. The van der Waals surface area contributed by atoms with Gasteiger partial charge in [0.2, 0.25) is 0 Å². The molecule has 1 fully saturated rings. The Morgan fingerprint density at radius 3 is 2.76 bits per heavy atom. The highest BCUT2D eigenvalue weighted by molar-refractivity contribution is 5.89. The van der Waals surface area contributed by atoms with Crippen molar-refractivity contribution in [1.82, 2.24) is 20.2 Å². The van der Waals surface area contributed by atoms with Crippen molar-refractivity contribution in [2.75, 3.05) is 20.1 Å². The number of hydrogen-bond donors (Lipinski definition) is 3. The Morgan fingerprint density at radius 1 is 1.03 bits per heavy atom. The number of nitrogens with one attached hydrogen (secondary N) is 3. The van der Waals surface area contributed by atoms with E-state index < -0.39 is 0 Å². The van der Waals surface area contributed by atoms with E-state index in [0.717, 1.165) is 40.6 Å². The topological polar surface area (TPSA) is 63.9 Å². The van der Waals surface area contributed by atoms with Crippen molar-refractivity contribution in [3.05, 3.63) is 70.5 Å². The van der Waals surface area contributed by atoms with E-state index in [4.69, 9.17) is 0 Å². The van der Waals surface area contributed by atoms with E-state index in [1.807, 2.05) is 30.3 Å². The summed E-state index contributed by atoms with van der Waals surface area (Å²) in [4.78, 5) is 21.4. The summed E-state index contributed by atoms with van der Waals surface area (Å²) >= 11 is 0. The standard InChI is InChI=1S/C24H26N4O/c1-28-10-4-6-19(28)15-25-14-16-8-9-22-18(11-16)13-23(26-22)20-12-17-5-2-3-7-21(17)27-24(20)29/h2-3,5,7-9,11-13,19,25-26H,4,6,10,14-15H2,1H3,(H,27,29). The number of rotatable bonds is 5. The predicted octanol–water partition coefficient (Wildman–Crippen LogP) is 3.86. The molecule has 0 saturated carbocycles. The van der Waals surface area contributed by atoms with Crippen molar-refractivity contribution in [3.8, 4) is 11.3 Å². The van der Waals surface area contributed by atoms with Crippen LogP contribution in [-0.4, -0.2) is 41.0 Å². The number of nitrogens with zero attached hydrogens (tertiary/aromatic N) is 1. The largest absolute Gasteiger partial charge is 0.354 e. The second-order valence-corrected chi connectivity index (χ2v) is 8.11. The van der Waals surface area contributed by atoms with Gasteiger partial charge in [-0.1, -0.05) is 24.3 Å². The molecule has 0 aliphatic carbocycles. The molecule has 1 aliphatic rings. The van der Waals surface area contributed by atoms with Crippen LogP contribution in [0.5, 0.6) is 0 Å². The molecule has 0 bridgehead atoms. The summed E-state index contributed by atoms with van der Waals surface area (Å²) < 4.78 is 0. The van der Waals surface area contributed by atoms with Crippen LogP contribution >= 0.6 is 0 Å². The summed E-state index contributed by atoms with van der Waals surface area (Å²) in [7, 11) is 2.21. The van der Waals surface area contributed by atoms with Crippen LogP contribution in [0.2, 0.25) is 0 Å². The van der Waals surface area contributed by atoms with Crippen LogP contribution in [0.1, 0.15) is 18.4 Å². The van der Waals surface area contributed by atoms with Gasteiger partial charge in [-0.15, -0.1) is 0 Å². The monoisotopic (exact) mass is 386 g/mol. The molecule has 2 aromatic heterocycles. The second-order valence-electron chi connectivity index (χ2n) is 8.11. The number of H-pyrrole nitrogens is 2. The number of benzene rings is 2. The molecular formula is C24H26N4O. The van der Waals surface area contributed by atoms with Gasteiger partial charge in [0.1, 0.15) is 0 Å². The zero-order chi connectivity index (χ0) is 19.8. The molecule has 29 heavy (non-hydrogen) atoms. The molecule has 0 amide bonds. The lowest BCUT2D eigenvalue weighted by Crippen LogP contribution is -2.35. The Labute approximate surface area is 169 Å². The van der Waals surface area contributed by atoms with E-state index in [9.17, 15) is 4.79 Å². The van der Waals surface area contributed by atoms with E-state index in [1.54, 1.807) is 0 Å². The Balaban J connectivity index is 1.38. The van der Waals surface area contributed by atoms with E-state index in [1.165, 1.54) is 24.9 Å². The lowest BCUT2D eigenvalue weighted by atomic mass is 10.1. The van der Waals surface area contributed by atoms with Gasteiger partial charge in [0, 0.05) is 35.6 Å². The molecule has 0 spiro atoms. The lowest BCUT2D eigenvalue weighted by molar-refractivity contribution is 0.300. The molecule has 1 aliphatic heterocycles. The Bertz CT molecular complexity index is 1220. The molecule has 148 valence electrons. The lowest BCUT2D eigenvalue weighted by Gasteiger charge is -2.19. The summed E-state index contributed by atoms with van der Waals surface area (Å²) in [6, 6.07) is 19.0. The number of likely N-dealkylation sites (N-methyl/N-ethyl adjacent to an activating group) is 1. The Kier molecular flexibility index (Phi) is 4.70. The van der Waals surface area contributed by atoms with E-state index >= 15 is 0 Å². The maximum atomic E-state index is 12.6. The van der Waals surface area contributed by atoms with Gasteiger partial charge in [-0.3, -0.25) is 4.79 Å². The van der Waals surface area contributed by atoms with Crippen LogP contribution in [0.4, 0.5) is 0 Å². The molecule has 2 aromatic carbocycles. The van der Waals surface area contributed by atoms with Gasteiger partial charge in [-0.2, -0.15) is 0 Å². The summed E-state index contributed by atoms with van der Waals surface area (Å²) in [6.07, 6.45) is 2.58. The highest BCUT2D eigenvalue weighted by Crippen LogP contribution is 2.25. The maximum Gasteiger partial charge on any atom is 0.257 e. The highest BCUT2D eigenvalue weighted by atomic mass is 16.1. The molecule has 1 unspecified atom stereocenters. The Hall–Kier alpha value is -2.89. The second kappa shape index (κ2) is 7.50. The van der Waals surface area contributed by atoms with Crippen LogP contribution < -0.4 is 10.9 Å². The first-order chi connectivity index (χ1) is 14.2. The van der Waals surface area contributed by atoms with Crippen molar-refractivity contribution < 1.29 is 0 Å². The van der Waals surface area contributed by atoms with Crippen LogP contribution in [-0.2, 0) is 6.54 Å². The molecule has 3 heterocycles. The molecule has 3 N–H and O–H groups in total. The van der Waals surface area contributed by atoms with Crippen LogP contribution in [0.15, 0.2) is 59.4 Å². The molecule has 5 nitrogen and oxygen atoms in total. The number of pyridine rings is 1. The third-order valence-corrected chi connectivity index (χ3v) is 6.11. The normalized spacial score (nSPS) is 17.5. The van der Waals surface area contributed by atoms with Gasteiger partial charge in [-0.25, -0.2) is 0 Å². The summed E-state index contributed by atoms with van der Waals surface area (Å²) in [5.74, 6) is 0. The zero-order valence-corrected chi connectivity index (χ0v) is 16.7. The number of likely N-dealkylation sites (tertiary alicyclic amines) is 1. The molecule has 5 rings (SSSR count). The van der Waals surface area contributed by atoms with Crippen LogP contribution in [0.25, 0.3) is 33.1 Å². The molecule has 5 heteroatoms. The maximum absolute atomic E-state index is 12.6. The van der Waals surface area contributed by atoms with E-state index in [2.05, 4.69) is 51.5 Å². The molecule has 1 atom stereocenters. The van der Waals surface area contributed by atoms with Gasteiger partial charge in [-0.05, 0) is 67.7 Å². The van der Waals surface area contributed by atoms with Crippen LogP contribution in [0, 0.1) is 0 Å². The van der Waals surface area contributed by atoms with E-state index in [0.29, 0.717) is 11.6 Å². The van der Waals surface area contributed by atoms with Crippen molar-refractivity contribution in [3.63, 3.8) is 0 Å².